The zero-order valence-electron chi connectivity index (χ0n) is 19.1. The van der Waals surface area contributed by atoms with E-state index in [2.05, 4.69) is 32.5 Å². The van der Waals surface area contributed by atoms with Crippen molar-refractivity contribution in [1.29, 1.82) is 0 Å². The van der Waals surface area contributed by atoms with Crippen molar-refractivity contribution in [2.75, 3.05) is 57.2 Å². The van der Waals surface area contributed by atoms with Crippen molar-refractivity contribution >= 4 is 23.3 Å². The van der Waals surface area contributed by atoms with Crippen LogP contribution in [-0.2, 0) is 4.79 Å². The number of nitrogens with one attached hydrogen (secondary N) is 2. The average molecular weight is 442 g/mol. The molecule has 1 aliphatic heterocycles. The van der Waals surface area contributed by atoms with Gasteiger partial charge in [0, 0.05) is 37.8 Å². The molecule has 0 unspecified atom stereocenters. The number of hydrogen-bond donors (Lipinski definition) is 2. The molecule has 2 N–H and O–H groups in total. The van der Waals surface area contributed by atoms with Gasteiger partial charge in [0.15, 0.2) is 18.1 Å². The Morgan fingerprint density at radius 2 is 1.84 bits per heavy atom. The Labute approximate surface area is 188 Å². The van der Waals surface area contributed by atoms with Crippen molar-refractivity contribution in [1.82, 2.24) is 15.2 Å². The Balaban J connectivity index is 1.60. The van der Waals surface area contributed by atoms with Gasteiger partial charge < -0.3 is 29.9 Å². The van der Waals surface area contributed by atoms with E-state index in [9.17, 15) is 9.59 Å². The van der Waals surface area contributed by atoms with Gasteiger partial charge in [-0.15, -0.1) is 0 Å². The fraction of sp³-hybridized carbons (Fsp3) is 0.435. The lowest BCUT2D eigenvalue weighted by atomic mass is 10.2. The lowest BCUT2D eigenvalue weighted by molar-refractivity contribution is -0.123. The molecule has 1 saturated heterocycles. The highest BCUT2D eigenvalue weighted by Gasteiger charge is 2.16. The molecule has 1 aliphatic rings. The quantitative estimate of drug-likeness (QED) is 0.647. The number of anilines is 2. The second kappa shape index (κ2) is 10.8. The highest BCUT2D eigenvalue weighted by Crippen LogP contribution is 2.28. The summed E-state index contributed by atoms with van der Waals surface area (Å²) in [5, 5.41) is 5.60. The van der Waals surface area contributed by atoms with E-state index in [1.165, 1.54) is 7.11 Å². The summed E-state index contributed by atoms with van der Waals surface area (Å²) < 4.78 is 10.9. The Bertz CT molecular complexity index is 924. The number of rotatable bonds is 8. The molecule has 3 rings (SSSR count). The number of carbonyl (C=O) groups is 2. The van der Waals surface area contributed by atoms with Crippen LogP contribution in [0.1, 0.15) is 24.2 Å². The molecule has 2 aromatic rings. The first-order valence-electron chi connectivity index (χ1n) is 10.7. The van der Waals surface area contributed by atoms with E-state index in [1.807, 2.05) is 26.0 Å². The van der Waals surface area contributed by atoms with Crippen LogP contribution in [0.3, 0.4) is 0 Å². The normalized spacial score (nSPS) is 14.2. The maximum atomic E-state index is 12.7. The van der Waals surface area contributed by atoms with Gasteiger partial charge in [-0.05, 0) is 51.2 Å². The highest BCUT2D eigenvalue weighted by molar-refractivity contribution is 6.04. The molecule has 0 bridgehead atoms. The molecule has 2 amide bonds. The van der Waals surface area contributed by atoms with Gasteiger partial charge >= 0.3 is 0 Å². The molecule has 0 aliphatic carbocycles. The van der Waals surface area contributed by atoms with Crippen LogP contribution in [0.2, 0.25) is 0 Å². The Morgan fingerprint density at radius 1 is 1.09 bits per heavy atom. The van der Waals surface area contributed by atoms with E-state index >= 15 is 0 Å². The number of likely N-dealkylation sites (N-methyl/N-ethyl adjacent to an activating group) is 1. The number of amides is 2. The standard InChI is InChI=1S/C23H31N5O4/c1-16(2)25-22(29)15-32-19-7-5-17(13-20(19)31-4)23(30)26-18-6-8-21(24-14-18)28-11-9-27(3)10-12-28/h5-8,13-14,16H,9-12,15H2,1-4H3,(H,25,29)(H,26,30). The van der Waals surface area contributed by atoms with Crippen molar-refractivity contribution < 1.29 is 19.1 Å². The molecule has 9 nitrogen and oxygen atoms in total. The molecule has 32 heavy (non-hydrogen) atoms. The smallest absolute Gasteiger partial charge is 0.258 e. The van der Waals surface area contributed by atoms with E-state index in [1.54, 1.807) is 24.4 Å². The first kappa shape index (κ1) is 23.3. The summed E-state index contributed by atoms with van der Waals surface area (Å²) in [5.74, 6) is 1.15. The number of benzene rings is 1. The summed E-state index contributed by atoms with van der Waals surface area (Å²) in [4.78, 5) is 33.5. The van der Waals surface area contributed by atoms with Crippen LogP contribution >= 0.6 is 0 Å². The summed E-state index contributed by atoms with van der Waals surface area (Å²) in [6, 6.07) is 8.62. The van der Waals surface area contributed by atoms with Crippen LogP contribution in [0.15, 0.2) is 36.5 Å². The number of nitrogens with zero attached hydrogens (tertiary/aromatic N) is 3. The zero-order valence-corrected chi connectivity index (χ0v) is 19.1. The number of pyridine rings is 1. The second-order valence-corrected chi connectivity index (χ2v) is 8.03. The van der Waals surface area contributed by atoms with E-state index in [0.717, 1.165) is 32.0 Å². The topological polar surface area (TPSA) is 96.0 Å². The minimum atomic E-state index is -0.290. The van der Waals surface area contributed by atoms with E-state index in [-0.39, 0.29) is 24.5 Å². The summed E-state index contributed by atoms with van der Waals surface area (Å²) >= 11 is 0. The third-order valence-corrected chi connectivity index (χ3v) is 5.07. The minimum absolute atomic E-state index is 0.0316. The summed E-state index contributed by atoms with van der Waals surface area (Å²) in [6.07, 6.45) is 1.66. The van der Waals surface area contributed by atoms with Crippen molar-refractivity contribution in [2.24, 2.45) is 0 Å². The van der Waals surface area contributed by atoms with Crippen LogP contribution in [0.25, 0.3) is 0 Å². The molecule has 0 saturated carbocycles. The highest BCUT2D eigenvalue weighted by atomic mass is 16.5. The molecule has 1 aromatic heterocycles. The monoisotopic (exact) mass is 441 g/mol. The van der Waals surface area contributed by atoms with Crippen LogP contribution in [0.4, 0.5) is 11.5 Å². The molecule has 9 heteroatoms. The van der Waals surface area contributed by atoms with Crippen molar-refractivity contribution in [2.45, 2.75) is 19.9 Å². The maximum absolute atomic E-state index is 12.7. The molecule has 1 fully saturated rings. The van der Waals surface area contributed by atoms with Crippen LogP contribution in [0, 0.1) is 0 Å². The minimum Gasteiger partial charge on any atom is -0.493 e. The molecule has 2 heterocycles. The first-order valence-corrected chi connectivity index (χ1v) is 10.7. The van der Waals surface area contributed by atoms with E-state index < -0.39 is 0 Å². The molecule has 1 aromatic carbocycles. The molecule has 0 spiro atoms. The van der Waals surface area contributed by atoms with Gasteiger partial charge in [0.25, 0.3) is 11.8 Å². The maximum Gasteiger partial charge on any atom is 0.258 e. The molecular weight excluding hydrogens is 410 g/mol. The fourth-order valence-electron chi connectivity index (χ4n) is 3.32. The Morgan fingerprint density at radius 3 is 2.47 bits per heavy atom. The zero-order chi connectivity index (χ0) is 23.1. The second-order valence-electron chi connectivity index (χ2n) is 8.03. The Hall–Kier alpha value is -3.33. The van der Waals surface area contributed by atoms with Gasteiger partial charge in [0.1, 0.15) is 5.82 Å². The SMILES string of the molecule is COc1cc(C(=O)Nc2ccc(N3CCN(C)CC3)nc2)ccc1OCC(=O)NC(C)C. The van der Waals surface area contributed by atoms with Gasteiger partial charge in [-0.1, -0.05) is 0 Å². The van der Waals surface area contributed by atoms with Crippen LogP contribution in [0.5, 0.6) is 11.5 Å². The average Bonchev–Trinajstić information content (AvgIpc) is 2.78. The van der Waals surface area contributed by atoms with Crippen molar-refractivity contribution in [3.8, 4) is 11.5 Å². The number of carbonyl (C=O) groups excluding carboxylic acids is 2. The van der Waals surface area contributed by atoms with Gasteiger partial charge in [-0.3, -0.25) is 9.59 Å². The fourth-order valence-corrected chi connectivity index (χ4v) is 3.32. The van der Waals surface area contributed by atoms with Gasteiger partial charge in [-0.25, -0.2) is 4.98 Å². The number of ether oxygens (including phenoxy) is 2. The predicted molar refractivity (Wildman–Crippen MR) is 124 cm³/mol. The van der Waals surface area contributed by atoms with E-state index in [0.29, 0.717) is 22.7 Å². The van der Waals surface area contributed by atoms with Crippen LogP contribution < -0.4 is 25.0 Å². The van der Waals surface area contributed by atoms with E-state index in [4.69, 9.17) is 9.47 Å². The number of aromatic nitrogens is 1. The van der Waals surface area contributed by atoms with Crippen LogP contribution in [-0.4, -0.2) is 74.7 Å². The number of piperazine rings is 1. The predicted octanol–water partition coefficient (Wildman–Crippen LogP) is 2.00. The molecular formula is C23H31N5O4. The summed E-state index contributed by atoms with van der Waals surface area (Å²) in [6.45, 7) is 7.49. The van der Waals surface area contributed by atoms with Gasteiger partial charge in [-0.2, -0.15) is 0 Å². The van der Waals surface area contributed by atoms with Gasteiger partial charge in [0.05, 0.1) is 19.0 Å². The first-order chi connectivity index (χ1) is 15.4. The molecule has 0 radical (unpaired) electrons. The number of methoxy groups -OCH3 is 1. The summed E-state index contributed by atoms with van der Waals surface area (Å²) in [7, 11) is 3.60. The lowest BCUT2D eigenvalue weighted by Crippen LogP contribution is -2.44. The summed E-state index contributed by atoms with van der Waals surface area (Å²) in [5.41, 5.74) is 1.02. The molecule has 172 valence electrons. The third kappa shape index (κ3) is 6.34. The van der Waals surface area contributed by atoms with Gasteiger partial charge in [0.2, 0.25) is 0 Å². The Kier molecular flexibility index (Phi) is 7.88. The molecule has 0 atom stereocenters. The number of hydrogen-bond acceptors (Lipinski definition) is 7. The van der Waals surface area contributed by atoms with Crippen molar-refractivity contribution in [3.05, 3.63) is 42.1 Å². The third-order valence-electron chi connectivity index (χ3n) is 5.07. The largest absolute Gasteiger partial charge is 0.493 e. The van der Waals surface area contributed by atoms with Crippen molar-refractivity contribution in [3.63, 3.8) is 0 Å². The lowest BCUT2D eigenvalue weighted by Gasteiger charge is -2.33.